The first kappa shape index (κ1) is 14.5. The SMILES string of the molecule is CCc1nc(CN2C(=O)c3ccccc3C2=O)n(CC)c1C. The molecule has 0 unspecified atom stereocenters. The third-order valence-electron chi connectivity index (χ3n) is 4.23. The summed E-state index contributed by atoms with van der Waals surface area (Å²) in [4.78, 5) is 30.8. The van der Waals surface area contributed by atoms with E-state index in [1.54, 1.807) is 24.3 Å². The predicted molar refractivity (Wildman–Crippen MR) is 82.7 cm³/mol. The van der Waals surface area contributed by atoms with Crippen LogP contribution in [0, 0.1) is 6.92 Å². The van der Waals surface area contributed by atoms with Crippen LogP contribution in [-0.4, -0.2) is 26.3 Å². The van der Waals surface area contributed by atoms with Crippen LogP contribution in [0.15, 0.2) is 24.3 Å². The molecule has 1 aliphatic heterocycles. The molecule has 1 aliphatic rings. The second-order valence-corrected chi connectivity index (χ2v) is 5.40. The number of rotatable bonds is 4. The van der Waals surface area contributed by atoms with Crippen molar-refractivity contribution in [3.8, 4) is 0 Å². The van der Waals surface area contributed by atoms with Gasteiger partial charge in [0.15, 0.2) is 0 Å². The van der Waals surface area contributed by atoms with Gasteiger partial charge < -0.3 is 4.57 Å². The summed E-state index contributed by atoms with van der Waals surface area (Å²) in [6, 6.07) is 6.95. The van der Waals surface area contributed by atoms with Gasteiger partial charge in [-0.1, -0.05) is 19.1 Å². The van der Waals surface area contributed by atoms with E-state index in [0.29, 0.717) is 11.1 Å². The predicted octanol–water partition coefficient (Wildman–Crippen LogP) is 2.57. The highest BCUT2D eigenvalue weighted by Crippen LogP contribution is 2.24. The molecular weight excluding hydrogens is 278 g/mol. The molecule has 0 saturated heterocycles. The molecule has 0 fully saturated rings. The van der Waals surface area contributed by atoms with Crippen LogP contribution < -0.4 is 0 Å². The summed E-state index contributed by atoms with van der Waals surface area (Å²) in [7, 11) is 0. The van der Waals surface area contributed by atoms with Crippen LogP contribution in [-0.2, 0) is 19.5 Å². The Bertz CT molecular complexity index is 726. The van der Waals surface area contributed by atoms with Crippen molar-refractivity contribution < 1.29 is 9.59 Å². The largest absolute Gasteiger partial charge is 0.331 e. The van der Waals surface area contributed by atoms with E-state index >= 15 is 0 Å². The van der Waals surface area contributed by atoms with Crippen LogP contribution in [0.2, 0.25) is 0 Å². The maximum atomic E-state index is 12.4. The normalized spacial score (nSPS) is 13.9. The number of benzene rings is 1. The first-order chi connectivity index (χ1) is 10.6. The van der Waals surface area contributed by atoms with Crippen LogP contribution >= 0.6 is 0 Å². The van der Waals surface area contributed by atoms with E-state index in [-0.39, 0.29) is 18.4 Å². The fraction of sp³-hybridized carbons (Fsp3) is 0.353. The first-order valence-corrected chi connectivity index (χ1v) is 7.58. The van der Waals surface area contributed by atoms with Gasteiger partial charge in [-0.05, 0) is 32.4 Å². The molecule has 3 rings (SSSR count). The van der Waals surface area contributed by atoms with Crippen molar-refractivity contribution in [1.82, 2.24) is 14.5 Å². The Morgan fingerprint density at radius 2 is 1.64 bits per heavy atom. The monoisotopic (exact) mass is 297 g/mol. The topological polar surface area (TPSA) is 55.2 Å². The van der Waals surface area contributed by atoms with Gasteiger partial charge in [0.25, 0.3) is 11.8 Å². The van der Waals surface area contributed by atoms with E-state index in [1.165, 1.54) is 4.90 Å². The quantitative estimate of drug-likeness (QED) is 0.815. The van der Waals surface area contributed by atoms with Gasteiger partial charge in [-0.25, -0.2) is 4.98 Å². The van der Waals surface area contributed by atoms with Crippen LogP contribution in [0.3, 0.4) is 0 Å². The highest BCUT2D eigenvalue weighted by atomic mass is 16.2. The zero-order chi connectivity index (χ0) is 15.9. The Morgan fingerprint density at radius 1 is 1.05 bits per heavy atom. The maximum absolute atomic E-state index is 12.4. The van der Waals surface area contributed by atoms with Gasteiger partial charge in [-0.15, -0.1) is 0 Å². The number of imidazole rings is 1. The van der Waals surface area contributed by atoms with Crippen molar-refractivity contribution in [2.75, 3.05) is 0 Å². The van der Waals surface area contributed by atoms with Crippen molar-refractivity contribution in [2.45, 2.75) is 40.3 Å². The summed E-state index contributed by atoms with van der Waals surface area (Å²) in [5, 5.41) is 0. The molecule has 0 N–H and O–H groups in total. The molecule has 0 bridgehead atoms. The number of hydrogen-bond donors (Lipinski definition) is 0. The lowest BCUT2D eigenvalue weighted by Crippen LogP contribution is -2.30. The zero-order valence-electron chi connectivity index (χ0n) is 13.1. The summed E-state index contributed by atoms with van der Waals surface area (Å²) in [5.74, 6) is 0.301. The molecule has 0 saturated carbocycles. The highest BCUT2D eigenvalue weighted by molar-refractivity contribution is 6.21. The minimum atomic E-state index is -0.234. The first-order valence-electron chi connectivity index (χ1n) is 7.58. The van der Waals surface area contributed by atoms with E-state index in [1.807, 2.05) is 13.8 Å². The Morgan fingerprint density at radius 3 is 2.14 bits per heavy atom. The summed E-state index contributed by atoms with van der Waals surface area (Å²) in [5.41, 5.74) is 3.09. The molecule has 5 nitrogen and oxygen atoms in total. The van der Waals surface area contributed by atoms with Crippen LogP contribution in [0.5, 0.6) is 0 Å². The zero-order valence-corrected chi connectivity index (χ0v) is 13.1. The minimum absolute atomic E-state index is 0.223. The Kier molecular flexibility index (Phi) is 3.56. The van der Waals surface area contributed by atoms with Gasteiger partial charge in [-0.3, -0.25) is 14.5 Å². The summed E-state index contributed by atoms with van der Waals surface area (Å²) < 4.78 is 2.07. The molecular formula is C17H19N3O2. The number of aryl methyl sites for hydroxylation is 1. The van der Waals surface area contributed by atoms with Crippen molar-refractivity contribution >= 4 is 11.8 Å². The van der Waals surface area contributed by atoms with Crippen molar-refractivity contribution in [3.63, 3.8) is 0 Å². The number of amides is 2. The molecule has 2 heterocycles. The lowest BCUT2D eigenvalue weighted by atomic mass is 10.1. The molecule has 1 aromatic carbocycles. The van der Waals surface area contributed by atoms with Gasteiger partial charge in [0.2, 0.25) is 0 Å². The standard InChI is InChI=1S/C17H19N3O2/c1-4-14-11(3)19(5-2)15(18-14)10-20-16(21)12-8-6-7-9-13(12)17(20)22/h6-9H,4-5,10H2,1-3H3. The van der Waals surface area contributed by atoms with Gasteiger partial charge in [0.1, 0.15) is 5.82 Å². The molecule has 0 spiro atoms. The van der Waals surface area contributed by atoms with Crippen LogP contribution in [0.25, 0.3) is 0 Å². The van der Waals surface area contributed by atoms with Crippen molar-refractivity contribution in [3.05, 3.63) is 52.6 Å². The summed E-state index contributed by atoms with van der Waals surface area (Å²) >= 11 is 0. The van der Waals surface area contributed by atoms with Gasteiger partial charge in [0, 0.05) is 12.2 Å². The Hall–Kier alpha value is -2.43. The number of nitrogens with zero attached hydrogens (tertiary/aromatic N) is 3. The molecule has 2 amide bonds. The third-order valence-corrected chi connectivity index (χ3v) is 4.23. The molecule has 5 heteroatoms. The van der Waals surface area contributed by atoms with E-state index in [9.17, 15) is 9.59 Å². The van der Waals surface area contributed by atoms with E-state index < -0.39 is 0 Å². The van der Waals surface area contributed by atoms with E-state index in [0.717, 1.165) is 30.2 Å². The van der Waals surface area contributed by atoms with Gasteiger partial charge in [-0.2, -0.15) is 0 Å². The molecule has 0 radical (unpaired) electrons. The lowest BCUT2D eigenvalue weighted by molar-refractivity contribution is 0.0636. The van der Waals surface area contributed by atoms with Crippen molar-refractivity contribution in [2.24, 2.45) is 0 Å². The number of carbonyl (C=O) groups excluding carboxylic acids is 2. The second kappa shape index (κ2) is 5.40. The second-order valence-electron chi connectivity index (χ2n) is 5.40. The Balaban J connectivity index is 1.96. The van der Waals surface area contributed by atoms with E-state index in [4.69, 9.17) is 0 Å². The number of carbonyl (C=O) groups is 2. The van der Waals surface area contributed by atoms with Crippen LogP contribution in [0.4, 0.5) is 0 Å². The fourth-order valence-electron chi connectivity index (χ4n) is 3.05. The average molecular weight is 297 g/mol. The smallest absolute Gasteiger partial charge is 0.261 e. The molecule has 22 heavy (non-hydrogen) atoms. The highest BCUT2D eigenvalue weighted by Gasteiger charge is 2.36. The summed E-state index contributed by atoms with van der Waals surface area (Å²) in [6.07, 6.45) is 0.841. The molecule has 2 aromatic rings. The molecule has 1 aromatic heterocycles. The minimum Gasteiger partial charge on any atom is -0.331 e. The Labute approximate surface area is 129 Å². The maximum Gasteiger partial charge on any atom is 0.261 e. The number of imide groups is 1. The van der Waals surface area contributed by atoms with Crippen LogP contribution in [0.1, 0.15) is 51.8 Å². The molecule has 114 valence electrons. The van der Waals surface area contributed by atoms with E-state index in [2.05, 4.69) is 16.5 Å². The fourth-order valence-corrected chi connectivity index (χ4v) is 3.05. The summed E-state index contributed by atoms with van der Waals surface area (Å²) in [6.45, 7) is 7.13. The van der Waals surface area contributed by atoms with Gasteiger partial charge in [0.05, 0.1) is 23.4 Å². The molecule has 0 aliphatic carbocycles. The average Bonchev–Trinajstić information content (AvgIpc) is 2.97. The third kappa shape index (κ3) is 2.04. The number of aromatic nitrogens is 2. The van der Waals surface area contributed by atoms with Gasteiger partial charge >= 0.3 is 0 Å². The molecule has 0 atom stereocenters. The number of hydrogen-bond acceptors (Lipinski definition) is 3. The lowest BCUT2D eigenvalue weighted by Gasteiger charge is -2.14. The number of fused-ring (bicyclic) bond motifs is 1. The van der Waals surface area contributed by atoms with Crippen molar-refractivity contribution in [1.29, 1.82) is 0 Å².